The highest BCUT2D eigenvalue weighted by Gasteiger charge is 2.68. The van der Waals surface area contributed by atoms with Crippen LogP contribution in [0.25, 0.3) is 4.13 Å². The molecule has 0 unspecified atom stereocenters. The van der Waals surface area contributed by atoms with E-state index in [-0.39, 0.29) is 0 Å². The van der Waals surface area contributed by atoms with E-state index in [1.165, 1.54) is 5.56 Å². The maximum absolute atomic E-state index is 12.3. The minimum Gasteiger partial charge on any atom is -0.425 e. The van der Waals surface area contributed by atoms with Crippen LogP contribution in [0.1, 0.15) is 25.3 Å². The molecule has 0 fully saturated rings. The first-order chi connectivity index (χ1) is 16.8. The fourth-order valence-electron chi connectivity index (χ4n) is 2.14. The third-order valence-electron chi connectivity index (χ3n) is 4.40. The SMILES string of the molecule is CO[Si](C[n+]1ccc(C(C)C)cc1)(OC)OC.O=S(=O)([N-]S(=O)(=O)C(F)(F)C(F)(F)F)C(F)(F)C(F)(F)F. The van der Waals surface area contributed by atoms with Crippen LogP contribution < -0.4 is 4.57 Å². The van der Waals surface area contributed by atoms with E-state index >= 15 is 0 Å². The van der Waals surface area contributed by atoms with E-state index in [2.05, 4.69) is 26.0 Å². The quantitative estimate of drug-likeness (QED) is 0.218. The van der Waals surface area contributed by atoms with Crippen molar-refractivity contribution >= 4 is 28.9 Å². The van der Waals surface area contributed by atoms with Crippen molar-refractivity contribution in [2.75, 3.05) is 21.3 Å². The van der Waals surface area contributed by atoms with Gasteiger partial charge in [0.1, 0.15) is 0 Å². The first-order valence-corrected chi connectivity index (χ1v) is 14.4. The fraction of sp³-hybridized carbons (Fsp3) is 0.688. The number of hydrogen-bond acceptors (Lipinski definition) is 7. The van der Waals surface area contributed by atoms with Gasteiger partial charge in [-0.1, -0.05) is 13.8 Å². The zero-order valence-corrected chi connectivity index (χ0v) is 22.6. The molecule has 1 aromatic heterocycles. The highest BCUT2D eigenvalue weighted by Crippen LogP contribution is 2.47. The average molecular weight is 637 g/mol. The molecule has 0 aliphatic rings. The Morgan fingerprint density at radius 1 is 0.763 bits per heavy atom. The van der Waals surface area contributed by atoms with E-state index in [0.717, 1.165) is 0 Å². The summed E-state index contributed by atoms with van der Waals surface area (Å²) in [5.41, 5.74) is 1.32. The molecule has 0 amide bonds. The molecule has 38 heavy (non-hydrogen) atoms. The summed E-state index contributed by atoms with van der Waals surface area (Å²) in [7, 11) is -12.9. The Morgan fingerprint density at radius 3 is 1.32 bits per heavy atom. The Hall–Kier alpha value is -1.59. The molecule has 0 spiro atoms. The molecule has 9 nitrogen and oxygen atoms in total. The smallest absolute Gasteiger partial charge is 0.425 e. The summed E-state index contributed by atoms with van der Waals surface area (Å²) >= 11 is 0. The average Bonchev–Trinajstić information content (AvgIpc) is 2.76. The number of rotatable bonds is 10. The lowest BCUT2D eigenvalue weighted by Gasteiger charge is -2.31. The highest BCUT2D eigenvalue weighted by atomic mass is 32.3. The molecule has 224 valence electrons. The molecule has 0 saturated heterocycles. The number of pyridine rings is 1. The minimum atomic E-state index is -7.62. The molecule has 0 saturated carbocycles. The lowest BCUT2D eigenvalue weighted by atomic mass is 10.1. The number of nitrogens with zero attached hydrogens (tertiary/aromatic N) is 2. The van der Waals surface area contributed by atoms with Crippen LogP contribution in [0.15, 0.2) is 24.5 Å². The maximum atomic E-state index is 12.3. The van der Waals surface area contributed by atoms with Crippen LogP contribution in [0, 0.1) is 0 Å². The van der Waals surface area contributed by atoms with Gasteiger partial charge in [0.05, 0.1) is 0 Å². The normalized spacial score (nSPS) is 14.3. The van der Waals surface area contributed by atoms with Gasteiger partial charge in [-0.3, -0.25) is 0 Å². The van der Waals surface area contributed by atoms with Crippen molar-refractivity contribution in [1.29, 1.82) is 0 Å². The Balaban J connectivity index is 0.000000735. The largest absolute Gasteiger partial charge is 0.569 e. The Bertz CT molecular complexity index is 1060. The second kappa shape index (κ2) is 12.3. The number of alkyl halides is 10. The van der Waals surface area contributed by atoms with Gasteiger partial charge < -0.3 is 17.4 Å². The topological polar surface area (TPSA) is 114 Å². The second-order valence-electron chi connectivity index (χ2n) is 7.31. The predicted molar refractivity (Wildman–Crippen MR) is 111 cm³/mol. The van der Waals surface area contributed by atoms with Gasteiger partial charge in [0.25, 0.3) is 0 Å². The molecule has 22 heteroatoms. The van der Waals surface area contributed by atoms with E-state index in [1.54, 1.807) is 21.3 Å². The highest BCUT2D eigenvalue weighted by molar-refractivity contribution is 8.13. The van der Waals surface area contributed by atoms with Crippen LogP contribution in [0.5, 0.6) is 0 Å². The molecule has 1 rings (SSSR count). The van der Waals surface area contributed by atoms with E-state index in [4.69, 9.17) is 13.3 Å². The molecular formula is C16H22F10N2O7S2Si. The van der Waals surface area contributed by atoms with E-state index in [0.29, 0.717) is 16.2 Å². The van der Waals surface area contributed by atoms with Gasteiger partial charge in [-0.15, -0.1) is 0 Å². The van der Waals surface area contributed by atoms with Crippen molar-refractivity contribution in [3.05, 3.63) is 34.2 Å². The predicted octanol–water partition coefficient (Wildman–Crippen LogP) is 3.84. The molecule has 0 aromatic carbocycles. The van der Waals surface area contributed by atoms with Crippen LogP contribution in [-0.2, 0) is 39.5 Å². The Labute approximate surface area is 212 Å². The van der Waals surface area contributed by atoms with E-state index in [1.807, 2.05) is 17.0 Å². The number of halogens is 10. The fourth-order valence-corrected chi connectivity index (χ4v) is 6.05. The number of hydrogen-bond donors (Lipinski definition) is 0. The summed E-state index contributed by atoms with van der Waals surface area (Å²) in [4.78, 5) is 0. The molecule has 1 heterocycles. The Kier molecular flexibility index (Phi) is 11.8. The number of sulfonamides is 2. The third kappa shape index (κ3) is 8.21. The minimum absolute atomic E-state index is 0.422. The summed E-state index contributed by atoms with van der Waals surface area (Å²) in [6.45, 7) is 4.36. The van der Waals surface area contributed by atoms with Gasteiger partial charge in [0.15, 0.2) is 32.4 Å². The van der Waals surface area contributed by atoms with Crippen molar-refractivity contribution in [2.45, 2.75) is 48.8 Å². The summed E-state index contributed by atoms with van der Waals surface area (Å²) in [5.74, 6) is 0.541. The van der Waals surface area contributed by atoms with Gasteiger partial charge in [0.2, 0.25) is 6.17 Å². The van der Waals surface area contributed by atoms with Crippen molar-refractivity contribution in [1.82, 2.24) is 0 Å². The standard InChI is InChI=1S/C12H22NO3Si.C4F10NO4S2/c1-11(2)12-6-8-13(9-7-12)10-17(14-3,15-4)16-5;5-1(6,7)3(11,12)20(16,17)15-21(18,19)4(13,14)2(8,9)10/h6-9,11H,10H2,1-5H3;/q+1;-1. The van der Waals surface area contributed by atoms with Crippen LogP contribution in [0.4, 0.5) is 43.9 Å². The first kappa shape index (κ1) is 36.4. The van der Waals surface area contributed by atoms with Crippen LogP contribution in [0.2, 0.25) is 0 Å². The van der Waals surface area contributed by atoms with E-state index < -0.39 is 51.7 Å². The van der Waals surface area contributed by atoms with Crippen molar-refractivity contribution < 1.29 is 78.6 Å². The zero-order valence-electron chi connectivity index (χ0n) is 19.9. The van der Waals surface area contributed by atoms with Crippen molar-refractivity contribution in [3.8, 4) is 0 Å². The lowest BCUT2D eigenvalue weighted by Crippen LogP contribution is -2.56. The van der Waals surface area contributed by atoms with Crippen LogP contribution in [-0.4, -0.2) is 69.8 Å². The van der Waals surface area contributed by atoms with Gasteiger partial charge in [-0.05, 0) is 11.5 Å². The first-order valence-electron chi connectivity index (χ1n) is 9.54. The summed E-state index contributed by atoms with van der Waals surface area (Å²) < 4.78 is 179. The maximum Gasteiger partial charge on any atom is 0.569 e. The molecule has 0 bridgehead atoms. The summed E-state index contributed by atoms with van der Waals surface area (Å²) in [5, 5.41) is -14.0. The van der Waals surface area contributed by atoms with Gasteiger partial charge in [0, 0.05) is 33.5 Å². The molecule has 0 atom stereocenters. The van der Waals surface area contributed by atoms with Crippen LogP contribution in [0.3, 0.4) is 0 Å². The van der Waals surface area contributed by atoms with Crippen LogP contribution >= 0.6 is 0 Å². The second-order valence-corrected chi connectivity index (χ2v) is 13.7. The van der Waals surface area contributed by atoms with Gasteiger partial charge in [-0.2, -0.15) is 43.9 Å². The van der Waals surface area contributed by atoms with Gasteiger partial charge >= 0.3 is 31.7 Å². The molecule has 0 radical (unpaired) electrons. The molecule has 0 aliphatic heterocycles. The monoisotopic (exact) mass is 636 g/mol. The third-order valence-corrected chi connectivity index (χ3v) is 10.3. The van der Waals surface area contributed by atoms with Crippen molar-refractivity contribution in [3.63, 3.8) is 0 Å². The number of aromatic nitrogens is 1. The lowest BCUT2D eigenvalue weighted by molar-refractivity contribution is -0.685. The van der Waals surface area contributed by atoms with E-state index in [9.17, 15) is 60.7 Å². The van der Waals surface area contributed by atoms with Crippen molar-refractivity contribution in [2.24, 2.45) is 0 Å². The molecule has 0 N–H and O–H groups in total. The Morgan fingerprint density at radius 2 is 1.08 bits per heavy atom. The summed E-state index contributed by atoms with van der Waals surface area (Å²) in [6.07, 6.45) is -9.31. The molecule has 1 aromatic rings. The molecular weight excluding hydrogens is 614 g/mol. The zero-order chi connectivity index (χ0) is 30.6. The van der Waals surface area contributed by atoms with Gasteiger partial charge in [-0.25, -0.2) is 21.4 Å². The molecule has 0 aliphatic carbocycles. The summed E-state index contributed by atoms with van der Waals surface area (Å²) in [6, 6.07) is 4.23.